The molecule has 0 fully saturated rings. The van der Waals surface area contributed by atoms with Gasteiger partial charge >= 0.3 is 0 Å². The van der Waals surface area contributed by atoms with E-state index in [0.29, 0.717) is 16.9 Å². The average molecular weight is 366 g/mol. The SMILES string of the molecule is CN(Cc1cccc(F)c1)C(=O)c1cc(NC(=O)c2ccccc2)n(C)n1. The fourth-order valence-electron chi connectivity index (χ4n) is 2.64. The van der Waals surface area contributed by atoms with Crippen LogP contribution < -0.4 is 5.32 Å². The number of hydrogen-bond acceptors (Lipinski definition) is 3. The lowest BCUT2D eigenvalue weighted by Crippen LogP contribution is -2.26. The molecule has 3 aromatic rings. The molecule has 0 radical (unpaired) electrons. The van der Waals surface area contributed by atoms with Crippen LogP contribution >= 0.6 is 0 Å². The number of anilines is 1. The molecule has 0 atom stereocenters. The highest BCUT2D eigenvalue weighted by atomic mass is 19.1. The van der Waals surface area contributed by atoms with Crippen molar-refractivity contribution in [1.82, 2.24) is 14.7 Å². The highest BCUT2D eigenvalue weighted by molar-refractivity contribution is 6.04. The molecule has 0 bridgehead atoms. The second-order valence-electron chi connectivity index (χ2n) is 6.15. The minimum absolute atomic E-state index is 0.194. The van der Waals surface area contributed by atoms with Crippen LogP contribution in [0.1, 0.15) is 26.4 Å². The van der Waals surface area contributed by atoms with Crippen molar-refractivity contribution in [2.24, 2.45) is 7.05 Å². The van der Waals surface area contributed by atoms with E-state index in [1.165, 1.54) is 27.8 Å². The van der Waals surface area contributed by atoms with E-state index in [2.05, 4.69) is 10.4 Å². The van der Waals surface area contributed by atoms with Crippen LogP contribution in [0.15, 0.2) is 60.7 Å². The molecule has 1 heterocycles. The molecule has 2 aromatic carbocycles. The van der Waals surface area contributed by atoms with Crippen molar-refractivity contribution in [3.63, 3.8) is 0 Å². The smallest absolute Gasteiger partial charge is 0.274 e. The summed E-state index contributed by atoms with van der Waals surface area (Å²) in [4.78, 5) is 26.3. The Balaban J connectivity index is 1.71. The van der Waals surface area contributed by atoms with Crippen molar-refractivity contribution in [2.75, 3.05) is 12.4 Å². The molecular formula is C20H19FN4O2. The Morgan fingerprint density at radius 3 is 2.56 bits per heavy atom. The number of hydrogen-bond donors (Lipinski definition) is 1. The second kappa shape index (κ2) is 7.82. The Morgan fingerprint density at radius 2 is 1.85 bits per heavy atom. The highest BCUT2D eigenvalue weighted by Gasteiger charge is 2.18. The standard InChI is InChI=1S/C20H19FN4O2/c1-24(13-14-7-6-10-16(21)11-14)20(27)17-12-18(25(2)23-17)22-19(26)15-8-4-3-5-9-15/h3-12H,13H2,1-2H3,(H,22,26). The zero-order valence-electron chi connectivity index (χ0n) is 15.0. The van der Waals surface area contributed by atoms with E-state index in [-0.39, 0.29) is 29.9 Å². The third-order valence-electron chi connectivity index (χ3n) is 4.03. The van der Waals surface area contributed by atoms with E-state index < -0.39 is 0 Å². The van der Waals surface area contributed by atoms with Crippen LogP contribution in [0.2, 0.25) is 0 Å². The molecule has 0 spiro atoms. The first kappa shape index (κ1) is 18.3. The van der Waals surface area contributed by atoms with E-state index in [4.69, 9.17) is 0 Å². The fourth-order valence-corrected chi connectivity index (χ4v) is 2.64. The van der Waals surface area contributed by atoms with Gasteiger partial charge in [-0.15, -0.1) is 0 Å². The zero-order valence-corrected chi connectivity index (χ0v) is 15.0. The number of aryl methyl sites for hydroxylation is 1. The van der Waals surface area contributed by atoms with Gasteiger partial charge in [-0.25, -0.2) is 4.39 Å². The number of nitrogens with one attached hydrogen (secondary N) is 1. The molecule has 0 saturated carbocycles. The van der Waals surface area contributed by atoms with E-state index >= 15 is 0 Å². The van der Waals surface area contributed by atoms with Crippen molar-refractivity contribution in [1.29, 1.82) is 0 Å². The van der Waals surface area contributed by atoms with Crippen LogP contribution in [0.25, 0.3) is 0 Å². The van der Waals surface area contributed by atoms with Gasteiger partial charge in [0.1, 0.15) is 11.6 Å². The third-order valence-corrected chi connectivity index (χ3v) is 4.03. The van der Waals surface area contributed by atoms with Gasteiger partial charge in [0.15, 0.2) is 5.69 Å². The van der Waals surface area contributed by atoms with Crippen LogP contribution in [0.3, 0.4) is 0 Å². The van der Waals surface area contributed by atoms with E-state index in [9.17, 15) is 14.0 Å². The number of rotatable bonds is 5. The average Bonchev–Trinajstić information content (AvgIpc) is 3.02. The first-order valence-corrected chi connectivity index (χ1v) is 8.34. The Bertz CT molecular complexity index is 969. The van der Waals surface area contributed by atoms with Crippen molar-refractivity contribution in [2.45, 2.75) is 6.54 Å². The number of benzene rings is 2. The number of amides is 2. The maximum Gasteiger partial charge on any atom is 0.274 e. The van der Waals surface area contributed by atoms with Gasteiger partial charge in [0.2, 0.25) is 0 Å². The lowest BCUT2D eigenvalue weighted by atomic mass is 10.2. The number of carbonyl (C=O) groups excluding carboxylic acids is 2. The molecule has 0 saturated heterocycles. The quantitative estimate of drug-likeness (QED) is 0.755. The van der Waals surface area contributed by atoms with Crippen LogP contribution in [-0.4, -0.2) is 33.5 Å². The molecule has 138 valence electrons. The fraction of sp³-hybridized carbons (Fsp3) is 0.150. The van der Waals surface area contributed by atoms with Crippen molar-refractivity contribution < 1.29 is 14.0 Å². The van der Waals surface area contributed by atoms with E-state index in [1.54, 1.807) is 50.5 Å². The number of carbonyl (C=O) groups is 2. The van der Waals surface area contributed by atoms with E-state index in [0.717, 1.165) is 0 Å². The molecule has 7 heteroatoms. The van der Waals surface area contributed by atoms with Crippen molar-refractivity contribution >= 4 is 17.6 Å². The monoisotopic (exact) mass is 366 g/mol. The third kappa shape index (κ3) is 4.38. The topological polar surface area (TPSA) is 67.2 Å². The number of halogens is 1. The van der Waals surface area contributed by atoms with Gasteiger partial charge in [-0.3, -0.25) is 14.3 Å². The predicted molar refractivity (Wildman–Crippen MR) is 99.8 cm³/mol. The summed E-state index contributed by atoms with van der Waals surface area (Å²) in [6, 6.07) is 16.4. The summed E-state index contributed by atoms with van der Waals surface area (Å²) in [5.41, 5.74) is 1.38. The summed E-state index contributed by atoms with van der Waals surface area (Å²) < 4.78 is 14.7. The molecule has 0 aliphatic rings. The lowest BCUT2D eigenvalue weighted by molar-refractivity contribution is 0.0778. The van der Waals surface area contributed by atoms with Gasteiger partial charge in [0.05, 0.1) is 0 Å². The van der Waals surface area contributed by atoms with Gasteiger partial charge in [-0.2, -0.15) is 5.10 Å². The van der Waals surface area contributed by atoms with Gasteiger partial charge in [-0.05, 0) is 29.8 Å². The Morgan fingerprint density at radius 1 is 1.11 bits per heavy atom. The second-order valence-corrected chi connectivity index (χ2v) is 6.15. The van der Waals surface area contributed by atoms with Crippen LogP contribution in [0.4, 0.5) is 10.2 Å². The largest absolute Gasteiger partial charge is 0.336 e. The molecule has 0 unspecified atom stereocenters. The van der Waals surface area contributed by atoms with Crippen LogP contribution in [0.5, 0.6) is 0 Å². The van der Waals surface area contributed by atoms with Crippen molar-refractivity contribution in [3.8, 4) is 0 Å². The van der Waals surface area contributed by atoms with Crippen LogP contribution in [0, 0.1) is 5.82 Å². The first-order chi connectivity index (χ1) is 12.9. The molecule has 1 aromatic heterocycles. The minimum Gasteiger partial charge on any atom is -0.336 e. The lowest BCUT2D eigenvalue weighted by Gasteiger charge is -2.15. The van der Waals surface area contributed by atoms with Crippen molar-refractivity contribution in [3.05, 3.63) is 83.3 Å². The zero-order chi connectivity index (χ0) is 19.4. The summed E-state index contributed by atoms with van der Waals surface area (Å²) in [5.74, 6) is -0.552. The normalized spacial score (nSPS) is 10.5. The molecule has 6 nitrogen and oxygen atoms in total. The minimum atomic E-state index is -0.350. The first-order valence-electron chi connectivity index (χ1n) is 8.34. The highest BCUT2D eigenvalue weighted by Crippen LogP contribution is 2.14. The van der Waals surface area contributed by atoms with Gasteiger partial charge in [0, 0.05) is 32.3 Å². The molecule has 0 aliphatic heterocycles. The maximum absolute atomic E-state index is 13.3. The Kier molecular flexibility index (Phi) is 5.30. The summed E-state index contributed by atoms with van der Waals surface area (Å²) in [7, 11) is 3.26. The number of aromatic nitrogens is 2. The molecule has 3 rings (SSSR count). The summed E-state index contributed by atoms with van der Waals surface area (Å²) in [6.45, 7) is 0.249. The molecule has 0 aliphatic carbocycles. The predicted octanol–water partition coefficient (Wildman–Crippen LogP) is 3.08. The Labute approximate surface area is 156 Å². The maximum atomic E-state index is 13.3. The molecule has 1 N–H and O–H groups in total. The summed E-state index contributed by atoms with van der Waals surface area (Å²) in [6.07, 6.45) is 0. The van der Waals surface area contributed by atoms with Crippen LogP contribution in [-0.2, 0) is 13.6 Å². The molecule has 27 heavy (non-hydrogen) atoms. The number of nitrogens with zero attached hydrogens (tertiary/aromatic N) is 3. The Hall–Kier alpha value is -3.48. The summed E-state index contributed by atoms with van der Waals surface area (Å²) in [5, 5.41) is 6.91. The van der Waals surface area contributed by atoms with Gasteiger partial charge in [-0.1, -0.05) is 30.3 Å². The van der Waals surface area contributed by atoms with Gasteiger partial charge in [0.25, 0.3) is 11.8 Å². The molecule has 2 amide bonds. The van der Waals surface area contributed by atoms with Gasteiger partial charge < -0.3 is 10.2 Å². The van der Waals surface area contributed by atoms with E-state index in [1.807, 2.05) is 6.07 Å². The summed E-state index contributed by atoms with van der Waals surface area (Å²) >= 11 is 0. The molecular weight excluding hydrogens is 347 g/mol.